The number of benzene rings is 2. The summed E-state index contributed by atoms with van der Waals surface area (Å²) in [6.45, 7) is 2.07. The lowest BCUT2D eigenvalue weighted by Gasteiger charge is -2.14. The molecular formula is C18H19NO3. The van der Waals surface area contributed by atoms with Gasteiger partial charge in [-0.05, 0) is 25.1 Å². The zero-order valence-electron chi connectivity index (χ0n) is 13.2. The van der Waals surface area contributed by atoms with E-state index in [0.717, 1.165) is 22.3 Å². The van der Waals surface area contributed by atoms with Gasteiger partial charge in [-0.25, -0.2) is 0 Å². The molecule has 0 fully saturated rings. The lowest BCUT2D eigenvalue weighted by molar-refractivity contribution is 0.327. The lowest BCUT2D eigenvalue weighted by Crippen LogP contribution is -1.98. The summed E-state index contributed by atoms with van der Waals surface area (Å²) >= 11 is 0. The summed E-state index contributed by atoms with van der Waals surface area (Å²) in [7, 11) is 4.89. The number of hydrogen-bond donors (Lipinski definition) is 0. The molecule has 0 saturated heterocycles. The van der Waals surface area contributed by atoms with E-state index < -0.39 is 0 Å². The van der Waals surface area contributed by atoms with E-state index in [-0.39, 0.29) is 0 Å². The van der Waals surface area contributed by atoms with Crippen LogP contribution in [-0.2, 0) is 0 Å². The van der Waals surface area contributed by atoms with Crippen LogP contribution in [-0.4, -0.2) is 25.9 Å². The van der Waals surface area contributed by atoms with Gasteiger partial charge in [-0.15, -0.1) is 0 Å². The summed E-state index contributed by atoms with van der Waals surface area (Å²) in [5.74, 6) is 1.96. The maximum absolute atomic E-state index is 5.58. The number of ether oxygens (including phenoxy) is 3. The molecule has 0 aliphatic rings. The van der Waals surface area contributed by atoms with Crippen LogP contribution in [0.15, 0.2) is 42.5 Å². The maximum Gasteiger partial charge on any atom is 0.204 e. The predicted molar refractivity (Wildman–Crippen MR) is 87.7 cm³/mol. The average Bonchev–Trinajstić information content (AvgIpc) is 2.89. The van der Waals surface area contributed by atoms with Crippen molar-refractivity contribution in [1.82, 2.24) is 4.57 Å². The van der Waals surface area contributed by atoms with E-state index in [1.165, 1.54) is 0 Å². The van der Waals surface area contributed by atoms with E-state index >= 15 is 0 Å². The molecule has 4 nitrogen and oxygen atoms in total. The average molecular weight is 297 g/mol. The molecule has 0 amide bonds. The molecule has 1 aromatic heterocycles. The molecule has 4 heteroatoms. The van der Waals surface area contributed by atoms with Crippen molar-refractivity contribution < 1.29 is 14.2 Å². The smallest absolute Gasteiger partial charge is 0.204 e. The van der Waals surface area contributed by atoms with Crippen molar-refractivity contribution in [3.63, 3.8) is 0 Å². The number of nitrogens with zero attached hydrogens (tertiary/aromatic N) is 1. The standard InChI is InChI=1S/C18H19NO3/c1-12-10-14-15(19(12)13-8-6-5-7-9-13)11-16(20-2)18(22-4)17(14)21-3/h5-11H,1-4H3. The van der Waals surface area contributed by atoms with Crippen molar-refractivity contribution in [3.8, 4) is 22.9 Å². The number of aromatic nitrogens is 1. The van der Waals surface area contributed by atoms with Crippen molar-refractivity contribution >= 4 is 10.9 Å². The lowest BCUT2D eigenvalue weighted by atomic mass is 10.2. The molecule has 1 heterocycles. The summed E-state index contributed by atoms with van der Waals surface area (Å²) in [6, 6.07) is 14.3. The van der Waals surface area contributed by atoms with Crippen molar-refractivity contribution in [2.24, 2.45) is 0 Å². The molecule has 22 heavy (non-hydrogen) atoms. The van der Waals surface area contributed by atoms with E-state index in [1.54, 1.807) is 21.3 Å². The Bertz CT molecular complexity index is 806. The molecule has 3 rings (SSSR count). The molecule has 0 unspecified atom stereocenters. The highest BCUT2D eigenvalue weighted by Crippen LogP contribution is 2.44. The molecular weight excluding hydrogens is 278 g/mol. The van der Waals surface area contributed by atoms with E-state index in [0.29, 0.717) is 17.2 Å². The molecule has 0 bridgehead atoms. The zero-order chi connectivity index (χ0) is 15.7. The topological polar surface area (TPSA) is 32.6 Å². The first-order chi connectivity index (χ1) is 10.7. The molecule has 0 aliphatic carbocycles. The van der Waals surface area contributed by atoms with Gasteiger partial charge in [-0.3, -0.25) is 0 Å². The highest BCUT2D eigenvalue weighted by molar-refractivity contribution is 5.93. The Hall–Kier alpha value is -2.62. The van der Waals surface area contributed by atoms with Crippen molar-refractivity contribution in [2.45, 2.75) is 6.92 Å². The fourth-order valence-electron chi connectivity index (χ4n) is 2.87. The minimum atomic E-state index is 0.614. The Labute approximate surface area is 129 Å². The number of aryl methyl sites for hydroxylation is 1. The van der Waals surface area contributed by atoms with Crippen LogP contribution in [0.1, 0.15) is 5.69 Å². The second kappa shape index (κ2) is 5.64. The van der Waals surface area contributed by atoms with Crippen LogP contribution in [0.4, 0.5) is 0 Å². The summed E-state index contributed by atoms with van der Waals surface area (Å²) in [4.78, 5) is 0. The first-order valence-corrected chi connectivity index (χ1v) is 7.07. The third-order valence-corrected chi connectivity index (χ3v) is 3.81. The van der Waals surface area contributed by atoms with Crippen LogP contribution < -0.4 is 14.2 Å². The molecule has 2 aromatic carbocycles. The largest absolute Gasteiger partial charge is 0.493 e. The quantitative estimate of drug-likeness (QED) is 0.730. The molecule has 0 N–H and O–H groups in total. The maximum atomic E-state index is 5.58. The van der Waals surface area contributed by atoms with Crippen LogP contribution in [0.3, 0.4) is 0 Å². The number of para-hydroxylation sites is 1. The SMILES string of the molecule is COc1cc2c(cc(C)n2-c2ccccc2)c(OC)c1OC. The fourth-order valence-corrected chi connectivity index (χ4v) is 2.87. The van der Waals surface area contributed by atoms with Gasteiger partial charge in [0.05, 0.1) is 26.8 Å². The fraction of sp³-hybridized carbons (Fsp3) is 0.222. The van der Waals surface area contributed by atoms with E-state index in [1.807, 2.05) is 24.3 Å². The van der Waals surface area contributed by atoms with Crippen LogP contribution in [0.25, 0.3) is 16.6 Å². The van der Waals surface area contributed by atoms with Gasteiger partial charge in [0.1, 0.15) is 0 Å². The predicted octanol–water partition coefficient (Wildman–Crippen LogP) is 3.96. The van der Waals surface area contributed by atoms with Crippen LogP contribution >= 0.6 is 0 Å². The number of fused-ring (bicyclic) bond motifs is 1. The first kappa shape index (κ1) is 14.3. The summed E-state index contributed by atoms with van der Waals surface area (Å²) < 4.78 is 18.7. The van der Waals surface area contributed by atoms with Gasteiger partial charge in [0.2, 0.25) is 5.75 Å². The normalized spacial score (nSPS) is 10.7. The Kier molecular flexibility index (Phi) is 3.67. The zero-order valence-corrected chi connectivity index (χ0v) is 13.2. The summed E-state index contributed by atoms with van der Waals surface area (Å²) in [6.07, 6.45) is 0. The molecule has 0 aliphatic heterocycles. The monoisotopic (exact) mass is 297 g/mol. The molecule has 0 radical (unpaired) electrons. The van der Waals surface area contributed by atoms with Crippen molar-refractivity contribution in [3.05, 3.63) is 48.2 Å². The van der Waals surface area contributed by atoms with Gasteiger partial charge < -0.3 is 18.8 Å². The van der Waals surface area contributed by atoms with Crippen molar-refractivity contribution in [2.75, 3.05) is 21.3 Å². The van der Waals surface area contributed by atoms with Crippen LogP contribution in [0.5, 0.6) is 17.2 Å². The van der Waals surface area contributed by atoms with Gasteiger partial charge >= 0.3 is 0 Å². The third kappa shape index (κ3) is 2.08. The van der Waals surface area contributed by atoms with E-state index in [4.69, 9.17) is 14.2 Å². The van der Waals surface area contributed by atoms with E-state index in [2.05, 4.69) is 29.7 Å². The Morgan fingerprint density at radius 3 is 2.09 bits per heavy atom. The Morgan fingerprint density at radius 2 is 1.50 bits per heavy atom. The molecule has 0 atom stereocenters. The Morgan fingerprint density at radius 1 is 0.818 bits per heavy atom. The second-order valence-electron chi connectivity index (χ2n) is 5.03. The van der Waals surface area contributed by atoms with Crippen LogP contribution in [0.2, 0.25) is 0 Å². The van der Waals surface area contributed by atoms with Gasteiger partial charge in [0.25, 0.3) is 0 Å². The minimum absolute atomic E-state index is 0.614. The number of hydrogen-bond acceptors (Lipinski definition) is 3. The Balaban J connectivity index is 2.39. The number of rotatable bonds is 4. The highest BCUT2D eigenvalue weighted by atomic mass is 16.5. The van der Waals surface area contributed by atoms with Gasteiger partial charge in [-0.2, -0.15) is 0 Å². The summed E-state index contributed by atoms with van der Waals surface area (Å²) in [5.41, 5.74) is 3.25. The van der Waals surface area contributed by atoms with Crippen molar-refractivity contribution in [1.29, 1.82) is 0 Å². The van der Waals surface area contributed by atoms with Gasteiger partial charge in [-0.1, -0.05) is 18.2 Å². The van der Waals surface area contributed by atoms with Gasteiger partial charge in [0.15, 0.2) is 11.5 Å². The molecule has 0 saturated carbocycles. The molecule has 0 spiro atoms. The highest BCUT2D eigenvalue weighted by Gasteiger charge is 2.20. The second-order valence-corrected chi connectivity index (χ2v) is 5.03. The van der Waals surface area contributed by atoms with Gasteiger partial charge in [0, 0.05) is 22.8 Å². The van der Waals surface area contributed by atoms with E-state index in [9.17, 15) is 0 Å². The summed E-state index contributed by atoms with van der Waals surface area (Å²) in [5, 5.41) is 1.00. The molecule has 3 aromatic rings. The number of methoxy groups -OCH3 is 3. The molecule has 114 valence electrons. The third-order valence-electron chi connectivity index (χ3n) is 3.81. The minimum Gasteiger partial charge on any atom is -0.493 e. The first-order valence-electron chi connectivity index (χ1n) is 7.07. The van der Waals surface area contributed by atoms with Crippen LogP contribution in [0, 0.1) is 6.92 Å².